The first-order valence-electron chi connectivity index (χ1n) is 5.41. The second kappa shape index (κ2) is 5.93. The van der Waals surface area contributed by atoms with E-state index in [2.05, 4.69) is 0 Å². The van der Waals surface area contributed by atoms with Crippen molar-refractivity contribution in [2.75, 3.05) is 7.11 Å². The van der Waals surface area contributed by atoms with Gasteiger partial charge in [0.25, 0.3) is 0 Å². The molecule has 1 atom stereocenters. The number of aliphatic carboxylic acids is 1. The van der Waals surface area contributed by atoms with Crippen LogP contribution in [0.25, 0.3) is 0 Å². The van der Waals surface area contributed by atoms with Gasteiger partial charge < -0.3 is 20.7 Å². The van der Waals surface area contributed by atoms with Gasteiger partial charge in [-0.1, -0.05) is 11.6 Å². The first-order valence-corrected chi connectivity index (χ1v) is 5.79. The smallest absolute Gasteiger partial charge is 0.303 e. The molecule has 1 aromatic rings. The summed E-state index contributed by atoms with van der Waals surface area (Å²) in [4.78, 5) is 10.5. The van der Waals surface area contributed by atoms with E-state index in [1.54, 1.807) is 13.0 Å². The van der Waals surface area contributed by atoms with Gasteiger partial charge in [0.1, 0.15) is 0 Å². The Morgan fingerprint density at radius 1 is 1.61 bits per heavy atom. The maximum absolute atomic E-state index is 10.5. The van der Waals surface area contributed by atoms with Crippen LogP contribution >= 0.6 is 11.6 Å². The molecule has 5 nitrogen and oxygen atoms in total. The molecule has 6 heteroatoms. The number of hydrogen-bond donors (Lipinski definition) is 3. The maximum Gasteiger partial charge on any atom is 0.303 e. The third-order valence-corrected chi connectivity index (χ3v) is 3.13. The van der Waals surface area contributed by atoms with Crippen molar-refractivity contribution in [1.29, 1.82) is 0 Å². The minimum Gasteiger partial charge on any atom is -0.504 e. The van der Waals surface area contributed by atoms with Crippen molar-refractivity contribution in [1.82, 2.24) is 0 Å². The van der Waals surface area contributed by atoms with Crippen molar-refractivity contribution >= 4 is 17.6 Å². The van der Waals surface area contributed by atoms with Gasteiger partial charge in [-0.2, -0.15) is 0 Å². The van der Waals surface area contributed by atoms with Gasteiger partial charge in [-0.05, 0) is 19.4 Å². The number of carboxylic acid groups (broad SMARTS) is 1. The van der Waals surface area contributed by atoms with Crippen LogP contribution in [0.15, 0.2) is 6.07 Å². The second-order valence-electron chi connectivity index (χ2n) is 3.99. The standard InChI is InChI=1S/C12H16ClNO4/c1-6-8(13)5-7(11(17)12(6)18-2)9(14)3-4-10(15)16/h5,9,17H,3-4,14H2,1-2H3,(H,15,16). The van der Waals surface area contributed by atoms with Crippen LogP contribution in [0.5, 0.6) is 11.5 Å². The van der Waals surface area contributed by atoms with Gasteiger partial charge in [0.15, 0.2) is 11.5 Å². The molecule has 0 aliphatic rings. The molecule has 0 aliphatic carbocycles. The lowest BCUT2D eigenvalue weighted by Crippen LogP contribution is -2.13. The number of halogens is 1. The summed E-state index contributed by atoms with van der Waals surface area (Å²) in [7, 11) is 1.42. The maximum atomic E-state index is 10.5. The zero-order valence-electron chi connectivity index (χ0n) is 10.2. The van der Waals surface area contributed by atoms with Gasteiger partial charge >= 0.3 is 5.97 Å². The number of methoxy groups -OCH3 is 1. The third-order valence-electron chi connectivity index (χ3n) is 2.74. The van der Waals surface area contributed by atoms with E-state index in [0.29, 0.717) is 16.1 Å². The van der Waals surface area contributed by atoms with Crippen LogP contribution in [0, 0.1) is 6.92 Å². The predicted octanol–water partition coefficient (Wildman–Crippen LogP) is 2.23. The van der Waals surface area contributed by atoms with Crippen LogP contribution in [0.2, 0.25) is 5.02 Å². The summed E-state index contributed by atoms with van der Waals surface area (Å²) in [6.07, 6.45) is 0.139. The first-order chi connectivity index (χ1) is 8.38. The van der Waals surface area contributed by atoms with Gasteiger partial charge in [-0.15, -0.1) is 0 Å². The largest absolute Gasteiger partial charge is 0.504 e. The number of carboxylic acids is 1. The van der Waals surface area contributed by atoms with E-state index in [9.17, 15) is 9.90 Å². The van der Waals surface area contributed by atoms with E-state index in [1.165, 1.54) is 7.11 Å². The van der Waals surface area contributed by atoms with Gasteiger partial charge in [0.05, 0.1) is 7.11 Å². The Balaban J connectivity index is 3.09. The summed E-state index contributed by atoms with van der Waals surface area (Å²) in [5.74, 6) is -0.754. The number of ether oxygens (including phenoxy) is 1. The molecule has 1 rings (SSSR count). The Hall–Kier alpha value is -1.46. The molecule has 0 fully saturated rings. The lowest BCUT2D eigenvalue weighted by molar-refractivity contribution is -0.137. The van der Waals surface area contributed by atoms with E-state index in [0.717, 1.165) is 0 Å². The molecule has 0 amide bonds. The molecular weight excluding hydrogens is 258 g/mol. The highest BCUT2D eigenvalue weighted by Gasteiger charge is 2.19. The monoisotopic (exact) mass is 273 g/mol. The van der Waals surface area contributed by atoms with Crippen LogP contribution in [0.1, 0.15) is 30.0 Å². The Bertz CT molecular complexity index is 462. The van der Waals surface area contributed by atoms with Crippen LogP contribution in [-0.4, -0.2) is 23.3 Å². The zero-order valence-corrected chi connectivity index (χ0v) is 11.0. The number of nitrogens with two attached hydrogens (primary N) is 1. The van der Waals surface area contributed by atoms with E-state index in [-0.39, 0.29) is 24.3 Å². The molecule has 0 heterocycles. The Morgan fingerprint density at radius 3 is 2.72 bits per heavy atom. The van der Waals surface area contributed by atoms with Gasteiger partial charge in [0, 0.05) is 28.6 Å². The number of phenolic OH excluding ortho intramolecular Hbond substituents is 1. The van der Waals surface area contributed by atoms with Crippen molar-refractivity contribution in [2.45, 2.75) is 25.8 Å². The van der Waals surface area contributed by atoms with Crippen molar-refractivity contribution in [3.63, 3.8) is 0 Å². The van der Waals surface area contributed by atoms with E-state index < -0.39 is 12.0 Å². The summed E-state index contributed by atoms with van der Waals surface area (Å²) < 4.78 is 5.07. The number of hydrogen-bond acceptors (Lipinski definition) is 4. The van der Waals surface area contributed by atoms with Crippen molar-refractivity contribution in [3.05, 3.63) is 22.2 Å². The molecule has 0 bridgehead atoms. The van der Waals surface area contributed by atoms with Crippen LogP contribution in [-0.2, 0) is 4.79 Å². The average molecular weight is 274 g/mol. The molecule has 1 unspecified atom stereocenters. The van der Waals surface area contributed by atoms with Gasteiger partial charge in [-0.3, -0.25) is 4.79 Å². The summed E-state index contributed by atoms with van der Waals surface area (Å²) in [5.41, 5.74) is 6.86. The molecule has 0 aliphatic heterocycles. The fourth-order valence-corrected chi connectivity index (χ4v) is 1.90. The second-order valence-corrected chi connectivity index (χ2v) is 4.40. The summed E-state index contributed by atoms with van der Waals surface area (Å²) >= 11 is 6.01. The zero-order chi connectivity index (χ0) is 13.9. The molecule has 0 saturated carbocycles. The van der Waals surface area contributed by atoms with Gasteiger partial charge in [0.2, 0.25) is 0 Å². The van der Waals surface area contributed by atoms with Crippen molar-refractivity contribution in [3.8, 4) is 11.5 Å². The van der Waals surface area contributed by atoms with Crippen LogP contribution in [0.3, 0.4) is 0 Å². The SMILES string of the molecule is COc1c(C)c(Cl)cc(C(N)CCC(=O)O)c1O. The first kappa shape index (κ1) is 14.6. The summed E-state index contributed by atoms with van der Waals surface area (Å²) in [6, 6.07) is 0.939. The lowest BCUT2D eigenvalue weighted by atomic mass is 9.99. The molecule has 18 heavy (non-hydrogen) atoms. The van der Waals surface area contributed by atoms with E-state index in [1.807, 2.05) is 0 Å². The molecule has 0 spiro atoms. The number of aromatic hydroxyl groups is 1. The molecule has 100 valence electrons. The quantitative estimate of drug-likeness (QED) is 0.765. The number of phenols is 1. The molecule has 0 aromatic heterocycles. The normalized spacial score (nSPS) is 12.2. The van der Waals surface area contributed by atoms with Crippen LogP contribution in [0.4, 0.5) is 0 Å². The average Bonchev–Trinajstić information content (AvgIpc) is 2.31. The fraction of sp³-hybridized carbons (Fsp3) is 0.417. The number of benzene rings is 1. The fourth-order valence-electron chi connectivity index (χ4n) is 1.70. The Labute approximate surface area is 110 Å². The Kier molecular flexibility index (Phi) is 4.81. The highest BCUT2D eigenvalue weighted by molar-refractivity contribution is 6.31. The van der Waals surface area contributed by atoms with E-state index in [4.69, 9.17) is 27.2 Å². The summed E-state index contributed by atoms with van der Waals surface area (Å²) in [5, 5.41) is 19.0. The highest BCUT2D eigenvalue weighted by Crippen LogP contribution is 2.40. The third kappa shape index (κ3) is 3.05. The van der Waals surface area contributed by atoms with Gasteiger partial charge in [-0.25, -0.2) is 0 Å². The molecule has 0 saturated heterocycles. The van der Waals surface area contributed by atoms with Crippen molar-refractivity contribution in [2.24, 2.45) is 5.73 Å². The number of rotatable bonds is 5. The topological polar surface area (TPSA) is 92.8 Å². The van der Waals surface area contributed by atoms with Crippen LogP contribution < -0.4 is 10.5 Å². The lowest BCUT2D eigenvalue weighted by Gasteiger charge is -2.17. The van der Waals surface area contributed by atoms with Crippen molar-refractivity contribution < 1.29 is 19.7 Å². The molecule has 4 N–H and O–H groups in total. The highest BCUT2D eigenvalue weighted by atomic mass is 35.5. The molecule has 0 radical (unpaired) electrons. The number of carbonyl (C=O) groups is 1. The minimum atomic E-state index is -0.935. The molecular formula is C12H16ClNO4. The van der Waals surface area contributed by atoms with E-state index >= 15 is 0 Å². The summed E-state index contributed by atoms with van der Waals surface area (Å²) in [6.45, 7) is 1.72. The minimum absolute atomic E-state index is 0.0750. The predicted molar refractivity (Wildman–Crippen MR) is 68.2 cm³/mol. The Morgan fingerprint density at radius 2 is 2.22 bits per heavy atom. The molecule has 1 aromatic carbocycles.